The van der Waals surface area contributed by atoms with Crippen LogP contribution in [0.25, 0.3) is 0 Å². The van der Waals surface area contributed by atoms with Crippen molar-refractivity contribution in [3.05, 3.63) is 63.1 Å². The lowest BCUT2D eigenvalue weighted by molar-refractivity contribution is -0.139. The first-order valence-electron chi connectivity index (χ1n) is 10.4. The van der Waals surface area contributed by atoms with Gasteiger partial charge in [0.2, 0.25) is 21.8 Å². The molecule has 2 amide bonds. The second-order valence-corrected chi connectivity index (χ2v) is 10.6. The molecular formula is C23H29Cl2N3O4S. The van der Waals surface area contributed by atoms with Crippen molar-refractivity contribution in [2.75, 3.05) is 23.7 Å². The van der Waals surface area contributed by atoms with Crippen molar-refractivity contribution in [1.82, 2.24) is 10.2 Å². The minimum Gasteiger partial charge on any atom is -0.355 e. The maximum absolute atomic E-state index is 13.5. The van der Waals surface area contributed by atoms with Crippen LogP contribution in [-0.2, 0) is 26.2 Å². The summed E-state index contributed by atoms with van der Waals surface area (Å²) in [6, 6.07) is 9.38. The van der Waals surface area contributed by atoms with Gasteiger partial charge in [-0.1, -0.05) is 35.3 Å². The minimum atomic E-state index is -3.79. The monoisotopic (exact) mass is 513 g/mol. The van der Waals surface area contributed by atoms with E-state index in [0.29, 0.717) is 27.8 Å². The van der Waals surface area contributed by atoms with Crippen LogP contribution in [0.15, 0.2) is 36.4 Å². The van der Waals surface area contributed by atoms with Gasteiger partial charge in [0.05, 0.1) is 11.9 Å². The lowest BCUT2D eigenvalue weighted by atomic mass is 10.1. The molecule has 180 valence electrons. The number of benzene rings is 2. The van der Waals surface area contributed by atoms with Crippen molar-refractivity contribution in [2.45, 2.75) is 40.3 Å². The number of rotatable bonds is 9. The molecule has 0 saturated heterocycles. The molecule has 1 atom stereocenters. The number of anilines is 1. The minimum absolute atomic E-state index is 0.0555. The van der Waals surface area contributed by atoms with Gasteiger partial charge in [0, 0.05) is 28.7 Å². The predicted octanol–water partition coefficient (Wildman–Crippen LogP) is 3.93. The number of aryl methyl sites for hydroxylation is 2. The fourth-order valence-corrected chi connectivity index (χ4v) is 4.82. The van der Waals surface area contributed by atoms with Crippen molar-refractivity contribution in [2.24, 2.45) is 0 Å². The quantitative estimate of drug-likeness (QED) is 0.550. The van der Waals surface area contributed by atoms with Crippen LogP contribution in [0, 0.1) is 13.8 Å². The van der Waals surface area contributed by atoms with E-state index in [1.54, 1.807) is 44.2 Å². The van der Waals surface area contributed by atoms with Crippen LogP contribution in [-0.4, -0.2) is 50.5 Å². The molecule has 0 aliphatic rings. The van der Waals surface area contributed by atoms with E-state index in [1.807, 2.05) is 19.9 Å². The molecule has 0 radical (unpaired) electrons. The Balaban J connectivity index is 2.48. The van der Waals surface area contributed by atoms with Crippen molar-refractivity contribution in [3.63, 3.8) is 0 Å². The van der Waals surface area contributed by atoms with Gasteiger partial charge in [0.25, 0.3) is 0 Å². The van der Waals surface area contributed by atoms with Crippen LogP contribution in [0.4, 0.5) is 5.69 Å². The molecule has 1 N–H and O–H groups in total. The standard InChI is InChI=1S/C23H29Cl2N3O4S/c1-6-26-23(30)17(4)27(13-19-20(24)8-7-9-21(19)25)22(29)14-28(33(5,31)32)18-11-15(2)10-16(3)12-18/h7-12,17H,6,13-14H2,1-5H3,(H,26,30)/t17-/m1/s1. The van der Waals surface area contributed by atoms with Gasteiger partial charge in [0.1, 0.15) is 12.6 Å². The number of hydrogen-bond acceptors (Lipinski definition) is 4. The zero-order valence-corrected chi connectivity index (χ0v) is 21.7. The van der Waals surface area contributed by atoms with Gasteiger partial charge in [-0.2, -0.15) is 0 Å². The van der Waals surface area contributed by atoms with Gasteiger partial charge in [-0.15, -0.1) is 0 Å². The second kappa shape index (κ2) is 11.2. The SMILES string of the molecule is CCNC(=O)[C@@H](C)N(Cc1c(Cl)cccc1Cl)C(=O)CN(c1cc(C)cc(C)c1)S(C)(=O)=O. The highest BCUT2D eigenvalue weighted by atomic mass is 35.5. The smallest absolute Gasteiger partial charge is 0.244 e. The number of halogens is 2. The molecule has 0 spiro atoms. The first-order valence-corrected chi connectivity index (χ1v) is 13.0. The Morgan fingerprint density at radius 3 is 2.09 bits per heavy atom. The Morgan fingerprint density at radius 2 is 1.61 bits per heavy atom. The maximum Gasteiger partial charge on any atom is 0.244 e. The first kappa shape index (κ1) is 27.0. The number of sulfonamides is 1. The van der Waals surface area contributed by atoms with Crippen LogP contribution in [0.5, 0.6) is 0 Å². The van der Waals surface area contributed by atoms with Crippen LogP contribution >= 0.6 is 23.2 Å². The third-order valence-electron chi connectivity index (χ3n) is 5.08. The van der Waals surface area contributed by atoms with Gasteiger partial charge in [-0.05, 0) is 63.1 Å². The molecule has 0 aliphatic carbocycles. The van der Waals surface area contributed by atoms with Crippen molar-refractivity contribution in [3.8, 4) is 0 Å². The average molecular weight is 514 g/mol. The van der Waals surface area contributed by atoms with Crippen molar-refractivity contribution in [1.29, 1.82) is 0 Å². The lowest BCUT2D eigenvalue weighted by Crippen LogP contribution is -2.51. The fraction of sp³-hybridized carbons (Fsp3) is 0.391. The number of nitrogens with zero attached hydrogens (tertiary/aromatic N) is 2. The average Bonchev–Trinajstić information content (AvgIpc) is 2.69. The molecule has 0 aromatic heterocycles. The topological polar surface area (TPSA) is 86.8 Å². The van der Waals surface area contributed by atoms with E-state index in [2.05, 4.69) is 5.32 Å². The van der Waals surface area contributed by atoms with Crippen molar-refractivity contribution < 1.29 is 18.0 Å². The third kappa shape index (κ3) is 7.09. The summed E-state index contributed by atoms with van der Waals surface area (Å²) in [4.78, 5) is 27.4. The van der Waals surface area contributed by atoms with Crippen molar-refractivity contribution >= 4 is 50.7 Å². The molecule has 33 heavy (non-hydrogen) atoms. The van der Waals surface area contributed by atoms with E-state index in [-0.39, 0.29) is 12.5 Å². The van der Waals surface area contributed by atoms with Gasteiger partial charge in [-0.3, -0.25) is 13.9 Å². The molecule has 2 aromatic carbocycles. The first-order chi connectivity index (χ1) is 15.3. The molecule has 2 aromatic rings. The van der Waals surface area contributed by atoms with E-state index in [1.165, 1.54) is 4.90 Å². The molecule has 2 rings (SSSR count). The molecule has 0 saturated carbocycles. The number of hydrogen-bond donors (Lipinski definition) is 1. The van der Waals surface area contributed by atoms with Gasteiger partial charge >= 0.3 is 0 Å². The number of likely N-dealkylation sites (N-methyl/N-ethyl adjacent to an activating group) is 1. The van der Waals surface area contributed by atoms with Gasteiger partial charge in [0.15, 0.2) is 0 Å². The fourth-order valence-electron chi connectivity index (χ4n) is 3.47. The zero-order chi connectivity index (χ0) is 24.9. The summed E-state index contributed by atoms with van der Waals surface area (Å²) in [6.07, 6.45) is 1.04. The van der Waals surface area contributed by atoms with Crippen LogP contribution in [0.2, 0.25) is 10.0 Å². The van der Waals surface area contributed by atoms with E-state index < -0.39 is 28.5 Å². The predicted molar refractivity (Wildman–Crippen MR) is 133 cm³/mol. The molecule has 0 fully saturated rings. The molecule has 10 heteroatoms. The summed E-state index contributed by atoms with van der Waals surface area (Å²) in [5.41, 5.74) is 2.58. The summed E-state index contributed by atoms with van der Waals surface area (Å²) in [7, 11) is -3.79. The Morgan fingerprint density at radius 1 is 1.06 bits per heavy atom. The molecule has 0 aliphatic heterocycles. The lowest BCUT2D eigenvalue weighted by Gasteiger charge is -2.32. The summed E-state index contributed by atoms with van der Waals surface area (Å²) in [6.45, 7) is 6.90. The molecule has 7 nitrogen and oxygen atoms in total. The Kier molecular flexibility index (Phi) is 9.17. The molecule has 0 heterocycles. The van der Waals surface area contributed by atoms with Gasteiger partial charge < -0.3 is 10.2 Å². The van der Waals surface area contributed by atoms with Crippen LogP contribution < -0.4 is 9.62 Å². The maximum atomic E-state index is 13.5. The normalized spacial score (nSPS) is 12.2. The summed E-state index contributed by atoms with van der Waals surface area (Å²) in [5.74, 6) is -0.930. The highest BCUT2D eigenvalue weighted by Gasteiger charge is 2.30. The van der Waals surface area contributed by atoms with E-state index in [4.69, 9.17) is 23.2 Å². The third-order valence-corrected chi connectivity index (χ3v) is 6.93. The molecule has 0 bridgehead atoms. The van der Waals surface area contributed by atoms with Crippen LogP contribution in [0.1, 0.15) is 30.5 Å². The number of carbonyl (C=O) groups excluding carboxylic acids is 2. The highest BCUT2D eigenvalue weighted by Crippen LogP contribution is 2.27. The number of nitrogens with one attached hydrogen (secondary N) is 1. The summed E-state index contributed by atoms with van der Waals surface area (Å²) < 4.78 is 26.3. The Hall–Kier alpha value is -2.29. The van der Waals surface area contributed by atoms with Gasteiger partial charge in [-0.25, -0.2) is 8.42 Å². The number of amides is 2. The Bertz CT molecular complexity index is 1100. The highest BCUT2D eigenvalue weighted by molar-refractivity contribution is 7.92. The van der Waals surface area contributed by atoms with E-state index in [9.17, 15) is 18.0 Å². The van der Waals surface area contributed by atoms with E-state index in [0.717, 1.165) is 21.7 Å². The summed E-state index contributed by atoms with van der Waals surface area (Å²) in [5, 5.41) is 3.39. The second-order valence-electron chi connectivity index (χ2n) is 7.91. The molecule has 0 unspecified atom stereocenters. The molecular weight excluding hydrogens is 485 g/mol. The van der Waals surface area contributed by atoms with Crippen LogP contribution in [0.3, 0.4) is 0 Å². The van der Waals surface area contributed by atoms with E-state index >= 15 is 0 Å². The number of carbonyl (C=O) groups is 2. The zero-order valence-electron chi connectivity index (χ0n) is 19.4. The summed E-state index contributed by atoms with van der Waals surface area (Å²) >= 11 is 12.6. The Labute approximate surface area is 205 Å². The largest absolute Gasteiger partial charge is 0.355 e.